The first-order valence-corrected chi connectivity index (χ1v) is 7.92. The van der Waals surface area contributed by atoms with Crippen molar-refractivity contribution in [3.8, 4) is 0 Å². The molecule has 6 heteroatoms. The summed E-state index contributed by atoms with van der Waals surface area (Å²) >= 11 is 4.98. The number of halogens is 1. The van der Waals surface area contributed by atoms with E-state index in [2.05, 4.69) is 36.5 Å². The van der Waals surface area contributed by atoms with Gasteiger partial charge in [-0.25, -0.2) is 9.97 Å². The van der Waals surface area contributed by atoms with Gasteiger partial charge in [-0.3, -0.25) is 0 Å². The Kier molecular flexibility index (Phi) is 5.04. The van der Waals surface area contributed by atoms with Crippen molar-refractivity contribution in [2.24, 2.45) is 0 Å². The van der Waals surface area contributed by atoms with Gasteiger partial charge in [0, 0.05) is 22.8 Å². The molecule has 0 atom stereocenters. The van der Waals surface area contributed by atoms with E-state index >= 15 is 0 Å². The van der Waals surface area contributed by atoms with Crippen LogP contribution in [0.1, 0.15) is 6.92 Å². The van der Waals surface area contributed by atoms with E-state index in [1.54, 1.807) is 0 Å². The number of benzene rings is 1. The van der Waals surface area contributed by atoms with Crippen molar-refractivity contribution in [3.05, 3.63) is 34.8 Å². The minimum absolute atomic E-state index is 0.746. The summed E-state index contributed by atoms with van der Waals surface area (Å²) in [5.74, 6) is 1.62. The molecule has 2 rings (SSSR count). The van der Waals surface area contributed by atoms with Crippen molar-refractivity contribution >= 4 is 45.0 Å². The summed E-state index contributed by atoms with van der Waals surface area (Å²) < 4.78 is 1.03. The fourth-order valence-corrected chi connectivity index (χ4v) is 2.34. The standard InChI is InChI=1S/C13H15BrN4S/c1-3-15-11-8-12(18-13(17-11)19-2)16-10-6-4-5-9(14)7-10/h4-8H,3H2,1-2H3,(H2,15,16,17,18). The lowest BCUT2D eigenvalue weighted by molar-refractivity contribution is 0.967. The van der Waals surface area contributed by atoms with E-state index in [1.165, 1.54) is 11.8 Å². The summed E-state index contributed by atoms with van der Waals surface area (Å²) in [6.07, 6.45) is 1.97. The van der Waals surface area contributed by atoms with Crippen LogP contribution in [0.2, 0.25) is 0 Å². The van der Waals surface area contributed by atoms with Crippen molar-refractivity contribution in [1.82, 2.24) is 9.97 Å². The second-order valence-electron chi connectivity index (χ2n) is 3.79. The molecule has 0 aliphatic carbocycles. The first-order chi connectivity index (χ1) is 9.21. The van der Waals surface area contributed by atoms with Crippen LogP contribution < -0.4 is 10.6 Å². The van der Waals surface area contributed by atoms with Gasteiger partial charge in [0.15, 0.2) is 5.16 Å². The zero-order valence-corrected chi connectivity index (χ0v) is 13.2. The average molecular weight is 339 g/mol. The topological polar surface area (TPSA) is 49.8 Å². The monoisotopic (exact) mass is 338 g/mol. The lowest BCUT2D eigenvalue weighted by Gasteiger charge is -2.10. The highest BCUT2D eigenvalue weighted by Gasteiger charge is 2.04. The van der Waals surface area contributed by atoms with Crippen LogP contribution in [0.15, 0.2) is 40.0 Å². The molecule has 0 aliphatic rings. The second kappa shape index (κ2) is 6.77. The molecule has 0 bridgehead atoms. The smallest absolute Gasteiger partial charge is 0.191 e. The average Bonchev–Trinajstić information content (AvgIpc) is 2.39. The van der Waals surface area contributed by atoms with Gasteiger partial charge in [-0.1, -0.05) is 33.8 Å². The number of aromatic nitrogens is 2. The van der Waals surface area contributed by atoms with E-state index < -0.39 is 0 Å². The summed E-state index contributed by atoms with van der Waals surface area (Å²) in [5, 5.41) is 7.24. The van der Waals surface area contributed by atoms with Gasteiger partial charge in [-0.15, -0.1) is 0 Å². The third kappa shape index (κ3) is 4.11. The highest BCUT2D eigenvalue weighted by molar-refractivity contribution is 9.10. The van der Waals surface area contributed by atoms with Gasteiger partial charge in [0.25, 0.3) is 0 Å². The Morgan fingerprint density at radius 1 is 1.21 bits per heavy atom. The fourth-order valence-electron chi connectivity index (χ4n) is 1.57. The number of anilines is 3. The van der Waals surface area contributed by atoms with Crippen LogP contribution in [0.5, 0.6) is 0 Å². The Hall–Kier alpha value is -1.27. The van der Waals surface area contributed by atoms with E-state index in [9.17, 15) is 0 Å². The number of nitrogens with one attached hydrogen (secondary N) is 2. The predicted octanol–water partition coefficient (Wildman–Crippen LogP) is 4.14. The maximum absolute atomic E-state index is 4.44. The van der Waals surface area contributed by atoms with Gasteiger partial charge in [-0.05, 0) is 31.4 Å². The molecule has 0 unspecified atom stereocenters. The molecule has 1 aromatic carbocycles. The molecule has 2 N–H and O–H groups in total. The Labute approximate surface area is 125 Å². The third-order valence-electron chi connectivity index (χ3n) is 2.34. The van der Waals surface area contributed by atoms with E-state index in [0.717, 1.165) is 33.5 Å². The molecular weight excluding hydrogens is 324 g/mol. The molecule has 0 radical (unpaired) electrons. The zero-order valence-electron chi connectivity index (χ0n) is 10.8. The van der Waals surface area contributed by atoms with Gasteiger partial charge in [0.05, 0.1) is 0 Å². The lowest BCUT2D eigenvalue weighted by Crippen LogP contribution is -2.03. The van der Waals surface area contributed by atoms with E-state index in [4.69, 9.17) is 0 Å². The predicted molar refractivity (Wildman–Crippen MR) is 85.4 cm³/mol. The van der Waals surface area contributed by atoms with E-state index in [0.29, 0.717) is 0 Å². The van der Waals surface area contributed by atoms with Crippen molar-refractivity contribution in [1.29, 1.82) is 0 Å². The van der Waals surface area contributed by atoms with Crippen LogP contribution >= 0.6 is 27.7 Å². The van der Waals surface area contributed by atoms with Gasteiger partial charge in [0.1, 0.15) is 11.6 Å². The molecule has 0 aliphatic heterocycles. The maximum atomic E-state index is 4.44. The molecule has 100 valence electrons. The Morgan fingerprint density at radius 2 is 2.00 bits per heavy atom. The van der Waals surface area contributed by atoms with Crippen LogP contribution in [0, 0.1) is 0 Å². The summed E-state index contributed by atoms with van der Waals surface area (Å²) in [5.41, 5.74) is 0.988. The first kappa shape index (κ1) is 14.1. The van der Waals surface area contributed by atoms with Crippen LogP contribution in [-0.2, 0) is 0 Å². The summed E-state index contributed by atoms with van der Waals surface area (Å²) in [6, 6.07) is 9.88. The maximum Gasteiger partial charge on any atom is 0.191 e. The van der Waals surface area contributed by atoms with Crippen LogP contribution in [0.25, 0.3) is 0 Å². The molecule has 1 heterocycles. The summed E-state index contributed by atoms with van der Waals surface area (Å²) in [6.45, 7) is 2.88. The minimum Gasteiger partial charge on any atom is -0.370 e. The molecule has 0 amide bonds. The van der Waals surface area contributed by atoms with Crippen molar-refractivity contribution in [2.75, 3.05) is 23.4 Å². The van der Waals surface area contributed by atoms with Gasteiger partial charge >= 0.3 is 0 Å². The van der Waals surface area contributed by atoms with Crippen LogP contribution in [0.4, 0.5) is 17.3 Å². The van der Waals surface area contributed by atoms with Gasteiger partial charge < -0.3 is 10.6 Å². The number of rotatable bonds is 5. The second-order valence-corrected chi connectivity index (χ2v) is 5.48. The molecule has 0 fully saturated rings. The number of hydrogen-bond donors (Lipinski definition) is 2. The summed E-state index contributed by atoms with van der Waals surface area (Å²) in [7, 11) is 0. The Bertz CT molecular complexity index is 562. The van der Waals surface area contributed by atoms with Crippen molar-refractivity contribution in [2.45, 2.75) is 12.1 Å². The molecule has 4 nitrogen and oxygen atoms in total. The number of hydrogen-bond acceptors (Lipinski definition) is 5. The highest BCUT2D eigenvalue weighted by atomic mass is 79.9. The SMILES string of the molecule is CCNc1cc(Nc2cccc(Br)c2)nc(SC)n1. The van der Waals surface area contributed by atoms with Crippen molar-refractivity contribution in [3.63, 3.8) is 0 Å². The minimum atomic E-state index is 0.746. The lowest BCUT2D eigenvalue weighted by atomic mass is 10.3. The number of nitrogens with zero attached hydrogens (tertiary/aromatic N) is 2. The van der Waals surface area contributed by atoms with Gasteiger partial charge in [0.2, 0.25) is 0 Å². The first-order valence-electron chi connectivity index (χ1n) is 5.91. The number of thioether (sulfide) groups is 1. The largest absolute Gasteiger partial charge is 0.370 e. The van der Waals surface area contributed by atoms with Gasteiger partial charge in [-0.2, -0.15) is 0 Å². The fraction of sp³-hybridized carbons (Fsp3) is 0.231. The Morgan fingerprint density at radius 3 is 2.68 bits per heavy atom. The van der Waals surface area contributed by atoms with E-state index in [-0.39, 0.29) is 0 Å². The molecular formula is C13H15BrN4S. The molecule has 0 spiro atoms. The molecule has 0 saturated heterocycles. The molecule has 1 aromatic heterocycles. The normalized spacial score (nSPS) is 10.3. The zero-order chi connectivity index (χ0) is 13.7. The Balaban J connectivity index is 2.26. The molecule has 19 heavy (non-hydrogen) atoms. The quantitative estimate of drug-likeness (QED) is 0.633. The van der Waals surface area contributed by atoms with E-state index in [1.807, 2.05) is 43.5 Å². The van der Waals surface area contributed by atoms with Crippen LogP contribution in [-0.4, -0.2) is 22.8 Å². The molecule has 0 saturated carbocycles. The van der Waals surface area contributed by atoms with Crippen molar-refractivity contribution < 1.29 is 0 Å². The third-order valence-corrected chi connectivity index (χ3v) is 3.38. The molecule has 2 aromatic rings. The van der Waals surface area contributed by atoms with Crippen LogP contribution in [0.3, 0.4) is 0 Å². The summed E-state index contributed by atoms with van der Waals surface area (Å²) in [4.78, 5) is 8.84. The highest BCUT2D eigenvalue weighted by Crippen LogP contribution is 2.22.